The number of imide groups is 1. The molecule has 1 aliphatic carbocycles. The van der Waals surface area contributed by atoms with Crippen LogP contribution in [0.25, 0.3) is 11.3 Å². The monoisotopic (exact) mass is 440 g/mol. The van der Waals surface area contributed by atoms with Crippen molar-refractivity contribution in [3.63, 3.8) is 0 Å². The van der Waals surface area contributed by atoms with Crippen molar-refractivity contribution < 1.29 is 14.4 Å². The molecule has 0 unspecified atom stereocenters. The first-order valence-electron chi connectivity index (χ1n) is 10.8. The quantitative estimate of drug-likeness (QED) is 0.680. The molecule has 2 aromatic rings. The zero-order valence-electron chi connectivity index (χ0n) is 18.2. The number of hydrogen-bond donors (Lipinski definition) is 2. The second-order valence-corrected chi connectivity index (χ2v) is 9.52. The number of anilines is 1. The third kappa shape index (κ3) is 4.21. The van der Waals surface area contributed by atoms with Gasteiger partial charge in [0.15, 0.2) is 5.13 Å². The summed E-state index contributed by atoms with van der Waals surface area (Å²) in [6, 6.07) is 5.66. The first-order valence-corrected chi connectivity index (χ1v) is 11.7. The van der Waals surface area contributed by atoms with Gasteiger partial charge in [0.25, 0.3) is 5.91 Å². The second kappa shape index (κ2) is 8.42. The summed E-state index contributed by atoms with van der Waals surface area (Å²) in [4.78, 5) is 43.5. The fourth-order valence-corrected chi connectivity index (χ4v) is 5.32. The van der Waals surface area contributed by atoms with Gasteiger partial charge in [-0.25, -0.2) is 9.78 Å². The van der Waals surface area contributed by atoms with Gasteiger partial charge in [-0.3, -0.25) is 14.5 Å². The molecule has 1 saturated heterocycles. The number of nitrogens with one attached hydrogen (secondary N) is 2. The highest BCUT2D eigenvalue weighted by Gasteiger charge is 2.52. The molecule has 1 saturated carbocycles. The number of carbonyl (C=O) groups is 3. The Bertz CT molecular complexity index is 1020. The number of rotatable bonds is 5. The molecule has 1 aromatic carbocycles. The van der Waals surface area contributed by atoms with Gasteiger partial charge in [-0.1, -0.05) is 37.1 Å². The van der Waals surface area contributed by atoms with Crippen LogP contribution in [0.4, 0.5) is 9.93 Å². The van der Waals surface area contributed by atoms with Gasteiger partial charge in [-0.05, 0) is 51.0 Å². The maximum Gasteiger partial charge on any atom is 0.325 e. The third-order valence-corrected chi connectivity index (χ3v) is 7.25. The predicted molar refractivity (Wildman–Crippen MR) is 121 cm³/mol. The Morgan fingerprint density at radius 3 is 2.71 bits per heavy atom. The average Bonchev–Trinajstić information content (AvgIpc) is 3.27. The molecular weight excluding hydrogens is 412 g/mol. The molecule has 2 heterocycles. The molecule has 2 aliphatic rings. The van der Waals surface area contributed by atoms with Crippen molar-refractivity contribution in [1.82, 2.24) is 15.2 Å². The summed E-state index contributed by atoms with van der Waals surface area (Å²) in [6.45, 7) is 5.92. The van der Waals surface area contributed by atoms with Crippen molar-refractivity contribution in [2.45, 2.75) is 58.4 Å². The average molecular weight is 441 g/mol. The van der Waals surface area contributed by atoms with Crippen molar-refractivity contribution in [2.24, 2.45) is 5.92 Å². The fraction of sp³-hybridized carbons (Fsp3) is 0.478. The van der Waals surface area contributed by atoms with Gasteiger partial charge in [-0.15, -0.1) is 11.3 Å². The molecule has 0 bridgehead atoms. The Hall–Kier alpha value is -2.74. The van der Waals surface area contributed by atoms with Crippen LogP contribution >= 0.6 is 11.3 Å². The number of urea groups is 1. The minimum Gasteiger partial charge on any atom is -0.323 e. The van der Waals surface area contributed by atoms with E-state index in [0.717, 1.165) is 41.0 Å². The lowest BCUT2D eigenvalue weighted by Gasteiger charge is -2.34. The summed E-state index contributed by atoms with van der Waals surface area (Å²) in [7, 11) is 0. The van der Waals surface area contributed by atoms with E-state index in [1.54, 1.807) is 0 Å². The van der Waals surface area contributed by atoms with E-state index in [0.29, 0.717) is 23.9 Å². The lowest BCUT2D eigenvalue weighted by atomic mass is 9.75. The summed E-state index contributed by atoms with van der Waals surface area (Å²) < 4.78 is 0. The Balaban J connectivity index is 1.40. The maximum atomic E-state index is 13.0. The number of aromatic nitrogens is 1. The molecule has 1 spiro atoms. The van der Waals surface area contributed by atoms with Gasteiger partial charge in [0.1, 0.15) is 12.1 Å². The molecule has 1 aliphatic heterocycles. The first kappa shape index (κ1) is 21.5. The molecular formula is C23H28N4O3S. The molecule has 7 nitrogen and oxygen atoms in total. The number of thiazole rings is 1. The standard InChI is InChI=1S/C23H28N4O3S/c1-4-16-7-9-23(10-8-16)20(29)27(22(30)26-23)12-19(28)25-21-24-18(13-31-21)17-6-5-14(2)11-15(17)3/h5-6,11,13,16H,4,7-10,12H2,1-3H3,(H,26,30)(H,24,25,28). The highest BCUT2D eigenvalue weighted by molar-refractivity contribution is 7.14. The van der Waals surface area contributed by atoms with Crippen LogP contribution in [0.15, 0.2) is 23.6 Å². The molecule has 31 heavy (non-hydrogen) atoms. The zero-order valence-corrected chi connectivity index (χ0v) is 19.0. The van der Waals surface area contributed by atoms with E-state index in [-0.39, 0.29) is 12.5 Å². The predicted octanol–water partition coefficient (Wildman–Crippen LogP) is 4.26. The van der Waals surface area contributed by atoms with Gasteiger partial charge in [0.05, 0.1) is 5.69 Å². The minimum atomic E-state index is -0.833. The zero-order chi connectivity index (χ0) is 22.2. The highest BCUT2D eigenvalue weighted by Crippen LogP contribution is 2.37. The van der Waals surface area contributed by atoms with E-state index in [4.69, 9.17) is 0 Å². The molecule has 8 heteroatoms. The molecule has 4 rings (SSSR count). The van der Waals surface area contributed by atoms with E-state index in [2.05, 4.69) is 28.6 Å². The summed E-state index contributed by atoms with van der Waals surface area (Å²) >= 11 is 1.32. The van der Waals surface area contributed by atoms with E-state index in [1.165, 1.54) is 16.9 Å². The lowest BCUT2D eigenvalue weighted by Crippen LogP contribution is -2.49. The van der Waals surface area contributed by atoms with Crippen LogP contribution in [0, 0.1) is 19.8 Å². The van der Waals surface area contributed by atoms with Crippen molar-refractivity contribution >= 4 is 34.3 Å². The number of carbonyl (C=O) groups excluding carboxylic acids is 3. The van der Waals surface area contributed by atoms with Crippen molar-refractivity contribution in [2.75, 3.05) is 11.9 Å². The van der Waals surface area contributed by atoms with E-state index < -0.39 is 17.5 Å². The van der Waals surface area contributed by atoms with Crippen LogP contribution in [0.5, 0.6) is 0 Å². The molecule has 0 atom stereocenters. The highest BCUT2D eigenvalue weighted by atomic mass is 32.1. The fourth-order valence-electron chi connectivity index (χ4n) is 4.60. The third-order valence-electron chi connectivity index (χ3n) is 6.49. The topological polar surface area (TPSA) is 91.4 Å². The lowest BCUT2D eigenvalue weighted by molar-refractivity contribution is -0.135. The van der Waals surface area contributed by atoms with Gasteiger partial charge in [-0.2, -0.15) is 0 Å². The first-order chi connectivity index (χ1) is 14.8. The molecule has 1 aromatic heterocycles. The van der Waals surface area contributed by atoms with Crippen molar-refractivity contribution in [3.05, 3.63) is 34.7 Å². The van der Waals surface area contributed by atoms with Crippen LogP contribution in [0.1, 0.15) is 50.2 Å². The molecule has 2 fully saturated rings. The summed E-state index contributed by atoms with van der Waals surface area (Å²) in [5.74, 6) is -0.106. The van der Waals surface area contributed by atoms with Crippen LogP contribution < -0.4 is 10.6 Å². The molecule has 0 radical (unpaired) electrons. The molecule has 4 amide bonds. The Morgan fingerprint density at radius 1 is 1.29 bits per heavy atom. The van der Waals surface area contributed by atoms with Gasteiger partial charge in [0, 0.05) is 10.9 Å². The SMILES string of the molecule is CCC1CCC2(CC1)NC(=O)N(CC(=O)Nc1nc(-c3ccc(C)cc3C)cs1)C2=O. The molecule has 2 N–H and O–H groups in total. The van der Waals surface area contributed by atoms with E-state index >= 15 is 0 Å². The van der Waals surface area contributed by atoms with Gasteiger partial charge < -0.3 is 10.6 Å². The van der Waals surface area contributed by atoms with E-state index in [9.17, 15) is 14.4 Å². The van der Waals surface area contributed by atoms with E-state index in [1.807, 2.05) is 31.4 Å². The normalized spacial score (nSPS) is 23.3. The van der Waals surface area contributed by atoms with Crippen molar-refractivity contribution in [3.8, 4) is 11.3 Å². The van der Waals surface area contributed by atoms with Crippen LogP contribution in [0.2, 0.25) is 0 Å². The number of benzene rings is 1. The minimum absolute atomic E-state index is 0.280. The Kier molecular flexibility index (Phi) is 5.83. The molecule has 164 valence electrons. The van der Waals surface area contributed by atoms with Crippen molar-refractivity contribution in [1.29, 1.82) is 0 Å². The Labute approximate surface area is 186 Å². The number of hydrogen-bond acceptors (Lipinski definition) is 5. The number of nitrogens with zero attached hydrogens (tertiary/aromatic N) is 2. The Morgan fingerprint density at radius 2 is 2.03 bits per heavy atom. The number of amides is 4. The van der Waals surface area contributed by atoms with Gasteiger partial charge >= 0.3 is 6.03 Å². The largest absolute Gasteiger partial charge is 0.325 e. The van der Waals surface area contributed by atoms with Crippen LogP contribution in [-0.4, -0.2) is 39.8 Å². The summed E-state index contributed by atoms with van der Waals surface area (Å²) in [5.41, 5.74) is 3.27. The maximum absolute atomic E-state index is 13.0. The number of aryl methyl sites for hydroxylation is 2. The van der Waals surface area contributed by atoms with Crippen LogP contribution in [0.3, 0.4) is 0 Å². The smallest absolute Gasteiger partial charge is 0.323 e. The van der Waals surface area contributed by atoms with Gasteiger partial charge in [0.2, 0.25) is 5.91 Å². The van der Waals surface area contributed by atoms with Crippen LogP contribution in [-0.2, 0) is 9.59 Å². The summed E-state index contributed by atoms with van der Waals surface area (Å²) in [6.07, 6.45) is 4.20. The summed E-state index contributed by atoms with van der Waals surface area (Å²) in [5, 5.41) is 7.94. The second-order valence-electron chi connectivity index (χ2n) is 8.66.